The van der Waals surface area contributed by atoms with E-state index in [0.717, 1.165) is 19.4 Å². The number of nitrogens with zero attached hydrogens (tertiary/aromatic N) is 4. The molecule has 0 radical (unpaired) electrons. The predicted octanol–water partition coefficient (Wildman–Crippen LogP) is 0.993. The molecule has 1 aliphatic heterocycles. The van der Waals surface area contributed by atoms with E-state index in [9.17, 15) is 9.59 Å². The minimum Gasteiger partial charge on any atom is -0.369 e. The predicted molar refractivity (Wildman–Crippen MR) is 83.6 cm³/mol. The summed E-state index contributed by atoms with van der Waals surface area (Å²) in [7, 11) is 0. The van der Waals surface area contributed by atoms with Gasteiger partial charge in [-0.2, -0.15) is 0 Å². The molecule has 7 nitrogen and oxygen atoms in total. The second-order valence-corrected chi connectivity index (χ2v) is 5.37. The maximum atomic E-state index is 12.3. The van der Waals surface area contributed by atoms with Gasteiger partial charge >= 0.3 is 0 Å². The van der Waals surface area contributed by atoms with Crippen molar-refractivity contribution in [3.63, 3.8) is 0 Å². The molecule has 0 spiro atoms. The molecule has 0 aliphatic carbocycles. The highest BCUT2D eigenvalue weighted by Crippen LogP contribution is 2.08. The first-order valence-corrected chi connectivity index (χ1v) is 7.72. The SMILES string of the molecule is CCCCNc1cnc(C(=O)N2CCN(C(C)=O)CC2)cn1. The summed E-state index contributed by atoms with van der Waals surface area (Å²) in [4.78, 5) is 35.5. The van der Waals surface area contributed by atoms with Gasteiger partial charge in [-0.3, -0.25) is 9.59 Å². The van der Waals surface area contributed by atoms with E-state index >= 15 is 0 Å². The molecule has 1 fully saturated rings. The topological polar surface area (TPSA) is 78.4 Å². The van der Waals surface area contributed by atoms with Gasteiger partial charge in [-0.1, -0.05) is 13.3 Å². The fourth-order valence-corrected chi connectivity index (χ4v) is 2.31. The van der Waals surface area contributed by atoms with E-state index in [4.69, 9.17) is 0 Å². The lowest BCUT2D eigenvalue weighted by atomic mass is 10.3. The van der Waals surface area contributed by atoms with Crippen LogP contribution in [0.3, 0.4) is 0 Å². The molecule has 1 aromatic heterocycles. The van der Waals surface area contributed by atoms with E-state index in [-0.39, 0.29) is 11.8 Å². The first-order chi connectivity index (χ1) is 10.6. The fraction of sp³-hybridized carbons (Fsp3) is 0.600. The number of nitrogens with one attached hydrogen (secondary N) is 1. The Morgan fingerprint density at radius 1 is 1.14 bits per heavy atom. The van der Waals surface area contributed by atoms with E-state index in [2.05, 4.69) is 22.2 Å². The molecular formula is C15H23N5O2. The molecule has 0 saturated carbocycles. The molecule has 2 heterocycles. The smallest absolute Gasteiger partial charge is 0.274 e. The molecule has 0 unspecified atom stereocenters. The molecule has 1 aromatic rings. The number of amides is 2. The van der Waals surface area contributed by atoms with Crippen LogP contribution < -0.4 is 5.32 Å². The van der Waals surface area contributed by atoms with Gasteiger partial charge in [-0.25, -0.2) is 9.97 Å². The van der Waals surface area contributed by atoms with Crippen LogP contribution in [-0.4, -0.2) is 64.3 Å². The number of hydrogen-bond donors (Lipinski definition) is 1. The van der Waals surface area contributed by atoms with Crippen LogP contribution in [0.1, 0.15) is 37.2 Å². The van der Waals surface area contributed by atoms with Gasteiger partial charge in [0.25, 0.3) is 5.91 Å². The van der Waals surface area contributed by atoms with Gasteiger partial charge in [0, 0.05) is 39.6 Å². The molecule has 1 aliphatic rings. The monoisotopic (exact) mass is 305 g/mol. The average molecular weight is 305 g/mol. The van der Waals surface area contributed by atoms with Crippen molar-refractivity contribution in [2.45, 2.75) is 26.7 Å². The number of aromatic nitrogens is 2. The number of carbonyl (C=O) groups excluding carboxylic acids is 2. The van der Waals surface area contributed by atoms with Crippen molar-refractivity contribution in [1.82, 2.24) is 19.8 Å². The van der Waals surface area contributed by atoms with Gasteiger partial charge in [-0.05, 0) is 6.42 Å². The van der Waals surface area contributed by atoms with Gasteiger partial charge in [0.2, 0.25) is 5.91 Å². The van der Waals surface area contributed by atoms with Crippen molar-refractivity contribution in [1.29, 1.82) is 0 Å². The number of carbonyl (C=O) groups is 2. The molecule has 1 saturated heterocycles. The van der Waals surface area contributed by atoms with E-state index < -0.39 is 0 Å². The van der Waals surface area contributed by atoms with Crippen molar-refractivity contribution in [3.05, 3.63) is 18.1 Å². The molecule has 1 N–H and O–H groups in total. The van der Waals surface area contributed by atoms with Crippen LogP contribution in [0.25, 0.3) is 0 Å². The van der Waals surface area contributed by atoms with Crippen molar-refractivity contribution in [2.24, 2.45) is 0 Å². The van der Waals surface area contributed by atoms with Gasteiger partial charge in [0.15, 0.2) is 0 Å². The van der Waals surface area contributed by atoms with E-state index in [1.54, 1.807) is 22.9 Å². The first-order valence-electron chi connectivity index (χ1n) is 7.72. The largest absolute Gasteiger partial charge is 0.369 e. The normalized spacial score (nSPS) is 14.8. The Morgan fingerprint density at radius 2 is 1.82 bits per heavy atom. The number of unbranched alkanes of at least 4 members (excludes halogenated alkanes) is 1. The van der Waals surface area contributed by atoms with E-state index in [1.165, 1.54) is 6.20 Å². The number of piperazine rings is 1. The summed E-state index contributed by atoms with van der Waals surface area (Å²) in [5.41, 5.74) is 0.345. The highest BCUT2D eigenvalue weighted by Gasteiger charge is 2.24. The summed E-state index contributed by atoms with van der Waals surface area (Å²) in [6.45, 7) is 6.75. The minimum atomic E-state index is -0.129. The van der Waals surface area contributed by atoms with Crippen molar-refractivity contribution in [3.8, 4) is 0 Å². The van der Waals surface area contributed by atoms with Gasteiger partial charge in [-0.15, -0.1) is 0 Å². The maximum absolute atomic E-state index is 12.3. The third kappa shape index (κ3) is 4.16. The Bertz CT molecular complexity index is 509. The Morgan fingerprint density at radius 3 is 2.36 bits per heavy atom. The average Bonchev–Trinajstić information content (AvgIpc) is 2.55. The zero-order valence-corrected chi connectivity index (χ0v) is 13.2. The van der Waals surface area contributed by atoms with Crippen LogP contribution in [0.5, 0.6) is 0 Å². The first kappa shape index (κ1) is 16.2. The van der Waals surface area contributed by atoms with Crippen molar-refractivity contribution in [2.75, 3.05) is 38.0 Å². The summed E-state index contributed by atoms with van der Waals surface area (Å²) < 4.78 is 0. The summed E-state index contributed by atoms with van der Waals surface area (Å²) >= 11 is 0. The molecule has 2 amide bonds. The summed E-state index contributed by atoms with van der Waals surface area (Å²) in [5, 5.41) is 3.17. The lowest BCUT2D eigenvalue weighted by Crippen LogP contribution is -2.50. The molecule has 120 valence electrons. The third-order valence-corrected chi connectivity index (χ3v) is 3.72. The van der Waals surface area contributed by atoms with Crippen LogP contribution in [0.15, 0.2) is 12.4 Å². The van der Waals surface area contributed by atoms with Gasteiger partial charge in [0.1, 0.15) is 11.5 Å². The second-order valence-electron chi connectivity index (χ2n) is 5.37. The Labute approximate surface area is 130 Å². The Kier molecular flexibility index (Phi) is 5.68. The summed E-state index contributed by atoms with van der Waals surface area (Å²) in [6, 6.07) is 0. The highest BCUT2D eigenvalue weighted by molar-refractivity contribution is 5.92. The zero-order chi connectivity index (χ0) is 15.9. The molecular weight excluding hydrogens is 282 g/mol. The van der Waals surface area contributed by atoms with Crippen molar-refractivity contribution >= 4 is 17.6 Å². The zero-order valence-electron chi connectivity index (χ0n) is 13.2. The summed E-state index contributed by atoms with van der Waals surface area (Å²) in [5.74, 6) is 0.608. The van der Waals surface area contributed by atoms with Crippen molar-refractivity contribution < 1.29 is 9.59 Å². The molecule has 2 rings (SSSR count). The van der Waals surface area contributed by atoms with Gasteiger partial charge < -0.3 is 15.1 Å². The quantitative estimate of drug-likeness (QED) is 0.821. The van der Waals surface area contributed by atoms with Crippen LogP contribution in [0.2, 0.25) is 0 Å². The van der Waals surface area contributed by atoms with Crippen LogP contribution >= 0.6 is 0 Å². The van der Waals surface area contributed by atoms with E-state index in [1.807, 2.05) is 0 Å². The minimum absolute atomic E-state index is 0.0504. The Balaban J connectivity index is 1.89. The number of anilines is 1. The standard InChI is InChI=1S/C15H23N5O2/c1-3-4-5-16-14-11-17-13(10-18-14)15(22)20-8-6-19(7-9-20)12(2)21/h10-11H,3-9H2,1-2H3,(H,16,18). The number of rotatable bonds is 5. The maximum Gasteiger partial charge on any atom is 0.274 e. The highest BCUT2D eigenvalue weighted by atomic mass is 16.2. The lowest BCUT2D eigenvalue weighted by Gasteiger charge is -2.33. The molecule has 0 aromatic carbocycles. The molecule has 0 atom stereocenters. The van der Waals surface area contributed by atoms with E-state index in [0.29, 0.717) is 37.7 Å². The van der Waals surface area contributed by atoms with Crippen LogP contribution in [0.4, 0.5) is 5.82 Å². The third-order valence-electron chi connectivity index (χ3n) is 3.72. The van der Waals surface area contributed by atoms with Gasteiger partial charge in [0.05, 0.1) is 12.4 Å². The van der Waals surface area contributed by atoms with Crippen LogP contribution in [-0.2, 0) is 4.79 Å². The molecule has 7 heteroatoms. The summed E-state index contributed by atoms with van der Waals surface area (Å²) in [6.07, 6.45) is 5.29. The lowest BCUT2D eigenvalue weighted by molar-refractivity contribution is -0.130. The molecule has 0 bridgehead atoms. The van der Waals surface area contributed by atoms with Crippen LogP contribution in [0, 0.1) is 0 Å². The second kappa shape index (κ2) is 7.72. The number of hydrogen-bond acceptors (Lipinski definition) is 5. The molecule has 22 heavy (non-hydrogen) atoms. The fourth-order valence-electron chi connectivity index (χ4n) is 2.31. The Hall–Kier alpha value is -2.18.